The van der Waals surface area contributed by atoms with Gasteiger partial charge in [-0.3, -0.25) is 0 Å². The van der Waals surface area contributed by atoms with Crippen LogP contribution in [0.25, 0.3) is 0 Å². The van der Waals surface area contributed by atoms with Crippen molar-refractivity contribution < 1.29 is 9.90 Å². The molecule has 0 amide bonds. The van der Waals surface area contributed by atoms with Gasteiger partial charge in [-0.2, -0.15) is 0 Å². The zero-order valence-electron chi connectivity index (χ0n) is 9.11. The first-order valence-corrected chi connectivity index (χ1v) is 5.86. The third kappa shape index (κ3) is 2.75. The molecule has 0 bridgehead atoms. The van der Waals surface area contributed by atoms with E-state index in [1.165, 1.54) is 6.07 Å². The lowest BCUT2D eigenvalue weighted by atomic mass is 10.1. The van der Waals surface area contributed by atoms with Crippen LogP contribution in [0.4, 0.5) is 11.4 Å². The summed E-state index contributed by atoms with van der Waals surface area (Å²) in [5, 5.41) is 14.7. The van der Waals surface area contributed by atoms with E-state index in [-0.39, 0.29) is 5.56 Å². The molecule has 0 saturated carbocycles. The van der Waals surface area contributed by atoms with Gasteiger partial charge in [-0.15, -0.1) is 0 Å². The number of hydrogen-bond acceptors (Lipinski definition) is 3. The molecule has 92 valence electrons. The molecule has 0 saturated heterocycles. The third-order valence-electron chi connectivity index (χ3n) is 2.35. The Morgan fingerprint density at radius 2 is 1.78 bits per heavy atom. The molecule has 3 nitrogen and oxygen atoms in total. The van der Waals surface area contributed by atoms with Gasteiger partial charge >= 0.3 is 0 Å². The monoisotopic (exact) mass is 280 g/mol. The fourth-order valence-corrected chi connectivity index (χ4v) is 1.80. The van der Waals surface area contributed by atoms with Gasteiger partial charge in [0.2, 0.25) is 0 Å². The summed E-state index contributed by atoms with van der Waals surface area (Å²) in [4.78, 5) is 10.9. The molecule has 1 N–H and O–H groups in total. The summed E-state index contributed by atoms with van der Waals surface area (Å²) in [6, 6.07) is 11.4. The van der Waals surface area contributed by atoms with E-state index in [0.717, 1.165) is 0 Å². The minimum absolute atomic E-state index is 0.0866. The van der Waals surface area contributed by atoms with Crippen molar-refractivity contribution in [1.29, 1.82) is 0 Å². The van der Waals surface area contributed by atoms with Crippen LogP contribution in [-0.4, -0.2) is 5.97 Å². The van der Waals surface area contributed by atoms with E-state index in [1.807, 2.05) is 0 Å². The number of para-hydroxylation sites is 1. The first-order valence-electron chi connectivity index (χ1n) is 5.10. The average molecular weight is 281 g/mol. The van der Waals surface area contributed by atoms with Gasteiger partial charge in [0.05, 0.1) is 16.0 Å². The van der Waals surface area contributed by atoms with Crippen molar-refractivity contribution in [3.8, 4) is 0 Å². The van der Waals surface area contributed by atoms with Crippen LogP contribution in [0.3, 0.4) is 0 Å². The molecule has 2 aromatic carbocycles. The highest BCUT2D eigenvalue weighted by Gasteiger charge is 2.04. The second kappa shape index (κ2) is 5.29. The minimum Gasteiger partial charge on any atom is -0.545 e. The Morgan fingerprint density at radius 3 is 2.44 bits per heavy atom. The Morgan fingerprint density at radius 1 is 1.06 bits per heavy atom. The molecule has 0 aliphatic carbocycles. The number of carbonyl (C=O) groups is 1. The van der Waals surface area contributed by atoms with Crippen LogP contribution in [0, 0.1) is 0 Å². The maximum Gasteiger partial charge on any atom is 0.0736 e. The van der Waals surface area contributed by atoms with Gasteiger partial charge in [-0.05, 0) is 24.3 Å². The number of aromatic carboxylic acids is 1. The van der Waals surface area contributed by atoms with Gasteiger partial charge in [0.1, 0.15) is 0 Å². The van der Waals surface area contributed by atoms with Crippen molar-refractivity contribution in [3.63, 3.8) is 0 Å². The Bertz CT molecular complexity index is 599. The second-order valence-corrected chi connectivity index (χ2v) is 4.40. The lowest BCUT2D eigenvalue weighted by molar-refractivity contribution is -0.254. The summed E-state index contributed by atoms with van der Waals surface area (Å²) in [5.74, 6) is -1.24. The SMILES string of the molecule is O=C([O-])c1ccccc1Nc1ccc(Cl)c(Cl)c1. The summed E-state index contributed by atoms with van der Waals surface area (Å²) in [6.45, 7) is 0. The van der Waals surface area contributed by atoms with Crippen LogP contribution in [-0.2, 0) is 0 Å². The minimum atomic E-state index is -1.24. The summed E-state index contributed by atoms with van der Waals surface area (Å²) in [7, 11) is 0. The largest absolute Gasteiger partial charge is 0.545 e. The van der Waals surface area contributed by atoms with Gasteiger partial charge in [0.25, 0.3) is 0 Å². The fraction of sp³-hybridized carbons (Fsp3) is 0. The van der Waals surface area contributed by atoms with Crippen LogP contribution >= 0.6 is 23.2 Å². The van der Waals surface area contributed by atoms with E-state index in [2.05, 4.69) is 5.32 Å². The van der Waals surface area contributed by atoms with Gasteiger partial charge < -0.3 is 15.2 Å². The Labute approximate surface area is 114 Å². The lowest BCUT2D eigenvalue weighted by Gasteiger charge is -2.13. The molecule has 0 aliphatic heterocycles. The molecular formula is C13H8Cl2NO2-. The predicted molar refractivity (Wildman–Crippen MR) is 70.5 cm³/mol. The maximum absolute atomic E-state index is 10.9. The molecule has 0 heterocycles. The van der Waals surface area contributed by atoms with E-state index < -0.39 is 5.97 Å². The van der Waals surface area contributed by atoms with E-state index in [4.69, 9.17) is 23.2 Å². The molecule has 0 radical (unpaired) electrons. The van der Waals surface area contributed by atoms with Gasteiger partial charge in [-0.1, -0.05) is 41.4 Å². The van der Waals surface area contributed by atoms with Crippen LogP contribution in [0.5, 0.6) is 0 Å². The normalized spacial score (nSPS) is 10.1. The number of halogens is 2. The van der Waals surface area contributed by atoms with Crippen LogP contribution < -0.4 is 10.4 Å². The summed E-state index contributed by atoms with van der Waals surface area (Å²) < 4.78 is 0. The Hall–Kier alpha value is -1.71. The average Bonchev–Trinajstić information content (AvgIpc) is 2.34. The van der Waals surface area contributed by atoms with Crippen molar-refractivity contribution >= 4 is 40.5 Å². The zero-order valence-corrected chi connectivity index (χ0v) is 10.6. The van der Waals surface area contributed by atoms with Gasteiger partial charge in [0, 0.05) is 16.9 Å². The lowest BCUT2D eigenvalue weighted by Crippen LogP contribution is -2.23. The highest BCUT2D eigenvalue weighted by Crippen LogP contribution is 2.27. The fourth-order valence-electron chi connectivity index (χ4n) is 1.50. The van der Waals surface area contributed by atoms with Crippen molar-refractivity contribution in [2.24, 2.45) is 0 Å². The summed E-state index contributed by atoms with van der Waals surface area (Å²) in [6.07, 6.45) is 0. The highest BCUT2D eigenvalue weighted by atomic mass is 35.5. The highest BCUT2D eigenvalue weighted by molar-refractivity contribution is 6.42. The van der Waals surface area contributed by atoms with Crippen LogP contribution in [0.1, 0.15) is 10.4 Å². The second-order valence-electron chi connectivity index (χ2n) is 3.59. The Kier molecular flexibility index (Phi) is 3.75. The number of rotatable bonds is 3. The van der Waals surface area contributed by atoms with E-state index >= 15 is 0 Å². The third-order valence-corrected chi connectivity index (χ3v) is 3.08. The molecule has 5 heteroatoms. The number of carboxylic acids is 1. The number of benzene rings is 2. The first-order chi connectivity index (χ1) is 8.58. The number of hydrogen-bond donors (Lipinski definition) is 1. The summed E-state index contributed by atoms with van der Waals surface area (Å²) >= 11 is 11.7. The van der Waals surface area contributed by atoms with Crippen molar-refractivity contribution in [2.45, 2.75) is 0 Å². The first kappa shape index (κ1) is 12.7. The number of anilines is 2. The number of carbonyl (C=O) groups excluding carboxylic acids is 1. The van der Waals surface area contributed by atoms with Crippen molar-refractivity contribution in [3.05, 3.63) is 58.1 Å². The molecule has 2 aromatic rings. The standard InChI is InChI=1S/C13H9Cl2NO2/c14-10-6-5-8(7-11(10)15)16-12-4-2-1-3-9(12)13(17)18/h1-7,16H,(H,17,18)/p-1. The molecule has 0 aromatic heterocycles. The van der Waals surface area contributed by atoms with E-state index in [0.29, 0.717) is 21.4 Å². The molecule has 0 unspecified atom stereocenters. The summed E-state index contributed by atoms with van der Waals surface area (Å²) in [5.41, 5.74) is 1.18. The zero-order chi connectivity index (χ0) is 13.1. The molecule has 0 fully saturated rings. The van der Waals surface area contributed by atoms with Gasteiger partial charge in [0.15, 0.2) is 0 Å². The number of carboxylic acid groups (broad SMARTS) is 1. The quantitative estimate of drug-likeness (QED) is 0.940. The van der Waals surface area contributed by atoms with Gasteiger partial charge in [-0.25, -0.2) is 0 Å². The molecule has 2 rings (SSSR count). The topological polar surface area (TPSA) is 52.2 Å². The molecule has 0 spiro atoms. The van der Waals surface area contributed by atoms with E-state index in [1.54, 1.807) is 36.4 Å². The Balaban J connectivity index is 2.34. The van der Waals surface area contributed by atoms with E-state index in [9.17, 15) is 9.90 Å². The van der Waals surface area contributed by atoms with Crippen molar-refractivity contribution in [1.82, 2.24) is 0 Å². The van der Waals surface area contributed by atoms with Crippen LogP contribution in [0.15, 0.2) is 42.5 Å². The smallest absolute Gasteiger partial charge is 0.0736 e. The van der Waals surface area contributed by atoms with Crippen LogP contribution in [0.2, 0.25) is 10.0 Å². The predicted octanol–water partition coefficient (Wildman–Crippen LogP) is 3.10. The molecule has 0 atom stereocenters. The molecular weight excluding hydrogens is 273 g/mol. The van der Waals surface area contributed by atoms with Crippen molar-refractivity contribution in [2.75, 3.05) is 5.32 Å². The molecule has 0 aliphatic rings. The number of nitrogens with one attached hydrogen (secondary N) is 1. The molecule has 18 heavy (non-hydrogen) atoms. The maximum atomic E-state index is 10.9.